The fourth-order valence-corrected chi connectivity index (χ4v) is 6.71. The predicted molar refractivity (Wildman–Crippen MR) is 142 cm³/mol. The number of rotatable bonds is 5. The van der Waals surface area contributed by atoms with Crippen LogP contribution in [0.2, 0.25) is 0 Å². The molecule has 1 spiro atoms. The predicted octanol–water partition coefficient (Wildman–Crippen LogP) is -1.97. The summed E-state index contributed by atoms with van der Waals surface area (Å²) in [6.45, 7) is 1.58. The molecule has 6 rings (SSSR count). The largest absolute Gasteiger partial charge is 0.383 e. The van der Waals surface area contributed by atoms with Crippen LogP contribution in [-0.4, -0.2) is 96.1 Å². The molecule has 1 fully saturated rings. The average Bonchev–Trinajstić information content (AvgIpc) is 3.37. The molecule has 0 bridgehead atoms. The van der Waals surface area contributed by atoms with E-state index in [1.165, 1.54) is 31.1 Å². The minimum atomic E-state index is -1.78. The second kappa shape index (κ2) is 9.33. The molecule has 4 heterocycles. The number of nitrogens with two attached hydrogens (primary N) is 2. The van der Waals surface area contributed by atoms with E-state index in [-0.39, 0.29) is 36.6 Å². The molecule has 2 amide bonds. The molecule has 1 saturated heterocycles. The number of aliphatic hydroxyl groups is 1. The van der Waals surface area contributed by atoms with Gasteiger partial charge in [0.05, 0.1) is 12.2 Å². The van der Waals surface area contributed by atoms with Crippen LogP contribution < -0.4 is 27.4 Å². The van der Waals surface area contributed by atoms with Crippen LogP contribution in [0.5, 0.6) is 0 Å². The Balaban J connectivity index is 1.29. The van der Waals surface area contributed by atoms with Crippen LogP contribution in [0.15, 0.2) is 41.8 Å². The number of hydrogen-bond acceptors (Lipinski definition) is 11. The van der Waals surface area contributed by atoms with E-state index in [9.17, 15) is 19.9 Å². The number of hydrogen-bond donors (Lipinski definition) is 7. The SMILES string of the molecule is C[C@]1(O)[C@@H](NC(=O)c2cccc3c2CCCC3)CN2C(N)=N[C@@H](CNC(=O)c3cnccn3)C3NC(N)=[N+](O)C321. The van der Waals surface area contributed by atoms with Crippen molar-refractivity contribution in [2.24, 2.45) is 16.5 Å². The van der Waals surface area contributed by atoms with E-state index in [0.29, 0.717) is 5.56 Å². The number of carbonyl (C=O) groups excluding carboxylic acids is 2. The number of aromatic nitrogens is 2. The highest BCUT2D eigenvalue weighted by atomic mass is 16.5. The van der Waals surface area contributed by atoms with Gasteiger partial charge in [0, 0.05) is 31.0 Å². The molecule has 40 heavy (non-hydrogen) atoms. The van der Waals surface area contributed by atoms with Crippen molar-refractivity contribution in [2.75, 3.05) is 13.1 Å². The molecular weight excluding hydrogens is 516 g/mol. The van der Waals surface area contributed by atoms with Crippen LogP contribution in [-0.2, 0) is 12.8 Å². The number of amides is 2. The summed E-state index contributed by atoms with van der Waals surface area (Å²) in [4.78, 5) is 40.2. The van der Waals surface area contributed by atoms with Crippen molar-refractivity contribution in [3.63, 3.8) is 0 Å². The van der Waals surface area contributed by atoms with Crippen LogP contribution in [0, 0.1) is 0 Å². The van der Waals surface area contributed by atoms with Crippen molar-refractivity contribution in [1.82, 2.24) is 30.8 Å². The third kappa shape index (κ3) is 3.66. The molecule has 1 aliphatic carbocycles. The van der Waals surface area contributed by atoms with E-state index in [4.69, 9.17) is 11.5 Å². The molecule has 3 aliphatic heterocycles. The Hall–Kier alpha value is -4.46. The first kappa shape index (κ1) is 25.8. The molecule has 2 unspecified atom stereocenters. The van der Waals surface area contributed by atoms with E-state index in [0.717, 1.165) is 36.0 Å². The van der Waals surface area contributed by atoms with Gasteiger partial charge in [0.15, 0.2) is 12.0 Å². The van der Waals surface area contributed by atoms with Gasteiger partial charge >= 0.3 is 5.96 Å². The summed E-state index contributed by atoms with van der Waals surface area (Å²) in [5, 5.41) is 32.2. The molecule has 9 N–H and O–H groups in total. The smallest absolute Gasteiger partial charge is 0.382 e. The highest BCUT2D eigenvalue weighted by molar-refractivity contribution is 5.96. The zero-order valence-corrected chi connectivity index (χ0v) is 22.0. The fourth-order valence-electron chi connectivity index (χ4n) is 6.71. The minimum Gasteiger partial charge on any atom is -0.382 e. The number of benzene rings is 1. The quantitative estimate of drug-likeness (QED) is 0.162. The Morgan fingerprint density at radius 3 is 2.80 bits per heavy atom. The zero-order chi connectivity index (χ0) is 28.2. The van der Waals surface area contributed by atoms with E-state index >= 15 is 0 Å². The zero-order valence-electron chi connectivity index (χ0n) is 22.0. The van der Waals surface area contributed by atoms with E-state index in [2.05, 4.69) is 30.9 Å². The summed E-state index contributed by atoms with van der Waals surface area (Å²) in [6.07, 6.45) is 8.06. The van der Waals surface area contributed by atoms with Crippen LogP contribution in [0.25, 0.3) is 0 Å². The molecule has 0 saturated carbocycles. The van der Waals surface area contributed by atoms with Crippen molar-refractivity contribution in [2.45, 2.75) is 62.0 Å². The molecule has 4 aliphatic rings. The summed E-state index contributed by atoms with van der Waals surface area (Å²) in [5.41, 5.74) is 12.0. The van der Waals surface area contributed by atoms with Crippen LogP contribution in [0.4, 0.5) is 0 Å². The summed E-state index contributed by atoms with van der Waals surface area (Å²) in [5.74, 6) is -0.870. The van der Waals surface area contributed by atoms with E-state index < -0.39 is 35.3 Å². The van der Waals surface area contributed by atoms with Gasteiger partial charge in [0.1, 0.15) is 17.3 Å². The Morgan fingerprint density at radius 1 is 1.23 bits per heavy atom. The van der Waals surface area contributed by atoms with Gasteiger partial charge in [0.2, 0.25) is 0 Å². The van der Waals surface area contributed by atoms with Crippen LogP contribution in [0.1, 0.15) is 51.7 Å². The Kier molecular flexibility index (Phi) is 6.02. The maximum Gasteiger partial charge on any atom is 0.383 e. The first-order chi connectivity index (χ1) is 19.2. The molecule has 5 atom stereocenters. The van der Waals surface area contributed by atoms with Gasteiger partial charge in [-0.05, 0) is 49.8 Å². The summed E-state index contributed by atoms with van der Waals surface area (Å²) >= 11 is 0. The highest BCUT2D eigenvalue weighted by Gasteiger charge is 2.77. The minimum absolute atomic E-state index is 0.00621. The highest BCUT2D eigenvalue weighted by Crippen LogP contribution is 2.46. The van der Waals surface area contributed by atoms with Gasteiger partial charge in [-0.25, -0.2) is 9.98 Å². The van der Waals surface area contributed by atoms with Crippen LogP contribution in [0.3, 0.4) is 0 Å². The number of nitrogens with zero attached hydrogens (tertiary/aromatic N) is 5. The second-order valence-corrected chi connectivity index (χ2v) is 10.8. The van der Waals surface area contributed by atoms with Gasteiger partial charge in [-0.2, -0.15) is 0 Å². The van der Waals surface area contributed by atoms with Crippen LogP contribution >= 0.6 is 0 Å². The van der Waals surface area contributed by atoms with Crippen molar-refractivity contribution in [3.05, 3.63) is 59.2 Å². The van der Waals surface area contributed by atoms with Gasteiger partial charge < -0.3 is 26.7 Å². The van der Waals surface area contributed by atoms with Crippen molar-refractivity contribution in [3.8, 4) is 0 Å². The molecule has 14 nitrogen and oxygen atoms in total. The lowest BCUT2D eigenvalue weighted by molar-refractivity contribution is -0.843. The maximum absolute atomic E-state index is 13.6. The average molecular weight is 550 g/mol. The molecule has 210 valence electrons. The second-order valence-electron chi connectivity index (χ2n) is 10.8. The summed E-state index contributed by atoms with van der Waals surface area (Å²) in [6, 6.07) is 3.31. The van der Waals surface area contributed by atoms with Gasteiger partial charge in [0.25, 0.3) is 17.5 Å². The maximum atomic E-state index is 13.6. The van der Waals surface area contributed by atoms with Gasteiger partial charge in [-0.3, -0.25) is 30.5 Å². The molecule has 0 radical (unpaired) electrons. The lowest BCUT2D eigenvalue weighted by Crippen LogP contribution is -2.77. The Labute approximate surface area is 230 Å². The monoisotopic (exact) mass is 549 g/mol. The third-order valence-electron chi connectivity index (χ3n) is 8.66. The summed E-state index contributed by atoms with van der Waals surface area (Å²) in [7, 11) is 0. The lowest BCUT2D eigenvalue weighted by Gasteiger charge is -2.47. The fraction of sp³-hybridized carbons (Fsp3) is 0.462. The number of guanidine groups is 2. The van der Waals surface area contributed by atoms with Crippen molar-refractivity contribution >= 4 is 23.7 Å². The van der Waals surface area contributed by atoms with E-state index in [1.807, 2.05) is 12.1 Å². The topological polar surface area (TPSA) is 207 Å². The lowest BCUT2D eigenvalue weighted by atomic mass is 9.78. The number of nitrogens with one attached hydrogen (secondary N) is 3. The number of aryl methyl sites for hydroxylation is 1. The molecule has 1 aromatic carbocycles. The van der Waals surface area contributed by atoms with Crippen molar-refractivity contribution < 1.29 is 24.6 Å². The molecule has 1 aromatic heterocycles. The number of hydroxylamine groups is 1. The third-order valence-corrected chi connectivity index (χ3v) is 8.66. The standard InChI is InChI=1S/C26H32N10O4/c1-25(39)19(33-21(37)16-8-4-6-14-5-2-3-7-15(14)16)13-35-23(27)32-17(20-26(25,35)36(40)24(28)34-20)12-31-22(38)18-11-29-9-10-30-18/h4,6,8-11,17,19-20,39-40H,2-3,5,7,12-13H2,1H3,(H6,27,28,31,32,33,34,37,38)/p+1/t17-,19-,20?,25-,26?/m0/s1. The molecule has 14 heteroatoms. The summed E-state index contributed by atoms with van der Waals surface area (Å²) < 4.78 is 0.757. The first-order valence-electron chi connectivity index (χ1n) is 13.3. The first-order valence-corrected chi connectivity index (χ1v) is 13.3. The number of carbonyl (C=O) groups is 2. The Morgan fingerprint density at radius 2 is 2.02 bits per heavy atom. The number of aliphatic imine (C=N–C) groups is 1. The Bertz CT molecular complexity index is 1430. The molecule has 2 aromatic rings. The number of fused-ring (bicyclic) bond motifs is 1. The molecular formula is C26H33N10O4+. The van der Waals surface area contributed by atoms with Gasteiger partial charge in [-0.1, -0.05) is 16.9 Å². The van der Waals surface area contributed by atoms with Crippen molar-refractivity contribution in [1.29, 1.82) is 0 Å². The van der Waals surface area contributed by atoms with Gasteiger partial charge in [-0.15, -0.1) is 0 Å². The normalized spacial score (nSPS) is 30.5. The van der Waals surface area contributed by atoms with E-state index in [1.54, 1.807) is 11.0 Å².